The molecule has 0 aromatic heterocycles. The number of methoxy groups -OCH3 is 2. The molecule has 0 spiro atoms. The van der Waals surface area contributed by atoms with E-state index in [1.165, 1.54) is 38.1 Å². The fraction of sp³-hybridized carbons (Fsp3) is 0.409. The number of piperidine rings is 1. The molecule has 0 radical (unpaired) electrons. The normalized spacial score (nSPS) is 14.9. The first-order valence-electron chi connectivity index (χ1n) is 10.0. The molecule has 7 nitrogen and oxygen atoms in total. The van der Waals surface area contributed by atoms with E-state index in [9.17, 15) is 13.2 Å². The second kappa shape index (κ2) is 9.82. The molecule has 0 aliphatic carbocycles. The molecule has 9 heteroatoms. The molecule has 2 aromatic carbocycles. The molecule has 1 aliphatic heterocycles. The van der Waals surface area contributed by atoms with Gasteiger partial charge in [0.15, 0.2) is 0 Å². The van der Waals surface area contributed by atoms with Crippen LogP contribution >= 0.6 is 11.8 Å². The average Bonchev–Trinajstić information content (AvgIpc) is 2.78. The van der Waals surface area contributed by atoms with Crippen LogP contribution in [0.15, 0.2) is 46.2 Å². The van der Waals surface area contributed by atoms with Gasteiger partial charge < -0.3 is 14.4 Å². The zero-order valence-corrected chi connectivity index (χ0v) is 19.8. The summed E-state index contributed by atoms with van der Waals surface area (Å²) in [6.07, 6.45) is 3.79. The maximum atomic E-state index is 13.2. The largest absolute Gasteiger partial charge is 0.497 e. The lowest BCUT2D eigenvalue weighted by atomic mass is 9.98. The Hall–Kier alpha value is -2.39. The third-order valence-corrected chi connectivity index (χ3v) is 7.59. The molecular weight excluding hydrogens is 436 g/mol. The monoisotopic (exact) mass is 464 g/mol. The lowest BCUT2D eigenvalue weighted by Gasteiger charge is -2.30. The fourth-order valence-electron chi connectivity index (χ4n) is 3.49. The third kappa shape index (κ3) is 5.27. The van der Waals surface area contributed by atoms with Crippen molar-refractivity contribution in [2.75, 3.05) is 38.3 Å². The van der Waals surface area contributed by atoms with Gasteiger partial charge in [0.25, 0.3) is 15.9 Å². The van der Waals surface area contributed by atoms with Crippen molar-refractivity contribution in [2.24, 2.45) is 5.92 Å². The number of benzene rings is 2. The Morgan fingerprint density at radius 1 is 1.10 bits per heavy atom. The molecule has 2 aromatic rings. The highest BCUT2D eigenvalue weighted by atomic mass is 32.2. The summed E-state index contributed by atoms with van der Waals surface area (Å²) < 4.78 is 39.2. The molecule has 1 saturated heterocycles. The van der Waals surface area contributed by atoms with E-state index in [0.717, 1.165) is 17.7 Å². The van der Waals surface area contributed by atoms with Gasteiger partial charge in [-0.1, -0.05) is 6.92 Å². The summed E-state index contributed by atoms with van der Waals surface area (Å²) in [5.41, 5.74) is 0.696. The van der Waals surface area contributed by atoms with Gasteiger partial charge in [0.05, 0.1) is 30.4 Å². The predicted molar refractivity (Wildman–Crippen MR) is 123 cm³/mol. The van der Waals surface area contributed by atoms with Crippen LogP contribution in [0.4, 0.5) is 5.69 Å². The molecular formula is C22H28N2O5S2. The number of carbonyl (C=O) groups excluding carboxylic acids is 1. The number of hydrogen-bond acceptors (Lipinski definition) is 6. The van der Waals surface area contributed by atoms with Crippen molar-refractivity contribution >= 4 is 33.4 Å². The number of nitrogens with one attached hydrogen (secondary N) is 1. The fourth-order valence-corrected chi connectivity index (χ4v) is 5.16. The highest BCUT2D eigenvalue weighted by Crippen LogP contribution is 2.32. The van der Waals surface area contributed by atoms with Crippen LogP contribution in [0.2, 0.25) is 0 Å². The summed E-state index contributed by atoms with van der Waals surface area (Å²) in [7, 11) is -0.961. The van der Waals surface area contributed by atoms with E-state index in [4.69, 9.17) is 9.47 Å². The summed E-state index contributed by atoms with van der Waals surface area (Å²) in [4.78, 5) is 15.7. The van der Waals surface area contributed by atoms with Gasteiger partial charge in [-0.15, -0.1) is 11.8 Å². The van der Waals surface area contributed by atoms with Crippen molar-refractivity contribution < 1.29 is 22.7 Å². The maximum absolute atomic E-state index is 13.2. The molecule has 3 rings (SSSR count). The van der Waals surface area contributed by atoms with E-state index in [-0.39, 0.29) is 16.5 Å². The van der Waals surface area contributed by atoms with Crippen LogP contribution in [0.3, 0.4) is 0 Å². The Morgan fingerprint density at radius 2 is 1.81 bits per heavy atom. The van der Waals surface area contributed by atoms with Crippen molar-refractivity contribution in [1.29, 1.82) is 0 Å². The minimum absolute atomic E-state index is 0.0249. The quantitative estimate of drug-likeness (QED) is 0.621. The van der Waals surface area contributed by atoms with Crippen molar-refractivity contribution in [3.05, 3.63) is 42.0 Å². The number of hydrogen-bond donors (Lipinski definition) is 1. The molecule has 1 heterocycles. The number of anilines is 1. The van der Waals surface area contributed by atoms with Crippen molar-refractivity contribution in [3.63, 3.8) is 0 Å². The molecule has 1 N–H and O–H groups in total. The van der Waals surface area contributed by atoms with Crippen LogP contribution in [0.5, 0.6) is 11.5 Å². The number of carbonyl (C=O) groups is 1. The maximum Gasteiger partial charge on any atom is 0.262 e. The van der Waals surface area contributed by atoms with Gasteiger partial charge in [0.1, 0.15) is 11.5 Å². The number of thioether (sulfide) groups is 1. The highest BCUT2D eigenvalue weighted by Gasteiger charge is 2.26. The standard InChI is InChI=1S/C22H28N2O5S2/c1-15-9-11-24(12-10-15)22(25)18-14-17(6-8-21(18)30-4)31(26,27)23-19-7-5-16(28-2)13-20(19)29-3/h5-8,13-15,23H,9-12H2,1-4H3. The van der Waals surface area contributed by atoms with Crippen LogP contribution < -0.4 is 14.2 Å². The Labute approximate surface area is 188 Å². The van der Waals surface area contributed by atoms with E-state index in [1.807, 2.05) is 11.2 Å². The minimum Gasteiger partial charge on any atom is -0.497 e. The minimum atomic E-state index is -3.94. The van der Waals surface area contributed by atoms with Crippen LogP contribution in [-0.4, -0.2) is 52.8 Å². The van der Waals surface area contributed by atoms with E-state index in [2.05, 4.69) is 11.6 Å². The van der Waals surface area contributed by atoms with Gasteiger partial charge in [0, 0.05) is 24.1 Å². The van der Waals surface area contributed by atoms with Gasteiger partial charge in [-0.25, -0.2) is 8.42 Å². The van der Waals surface area contributed by atoms with Crippen LogP contribution in [0.25, 0.3) is 0 Å². The number of amides is 1. The molecule has 0 atom stereocenters. The second-order valence-corrected chi connectivity index (χ2v) is 10.0. The van der Waals surface area contributed by atoms with E-state index < -0.39 is 10.0 Å². The van der Waals surface area contributed by atoms with Gasteiger partial charge >= 0.3 is 0 Å². The molecule has 168 valence electrons. The number of nitrogens with zero attached hydrogens (tertiary/aromatic N) is 1. The Balaban J connectivity index is 1.92. The van der Waals surface area contributed by atoms with Crippen LogP contribution in [-0.2, 0) is 10.0 Å². The van der Waals surface area contributed by atoms with Crippen molar-refractivity contribution in [1.82, 2.24) is 4.90 Å². The first-order valence-corrected chi connectivity index (χ1v) is 12.7. The Morgan fingerprint density at radius 3 is 2.42 bits per heavy atom. The average molecular weight is 465 g/mol. The highest BCUT2D eigenvalue weighted by molar-refractivity contribution is 7.98. The zero-order valence-electron chi connectivity index (χ0n) is 18.2. The number of ether oxygens (including phenoxy) is 2. The van der Waals surface area contributed by atoms with Gasteiger partial charge in [-0.3, -0.25) is 9.52 Å². The first kappa shape index (κ1) is 23.3. The van der Waals surface area contributed by atoms with Crippen molar-refractivity contribution in [3.8, 4) is 11.5 Å². The third-order valence-electron chi connectivity index (χ3n) is 5.44. The topological polar surface area (TPSA) is 84.9 Å². The Kier molecular flexibility index (Phi) is 7.38. The first-order chi connectivity index (χ1) is 14.8. The zero-order chi connectivity index (χ0) is 22.6. The van der Waals surface area contributed by atoms with Crippen LogP contribution in [0.1, 0.15) is 30.1 Å². The summed E-state index contributed by atoms with van der Waals surface area (Å²) >= 11 is 1.43. The molecule has 1 fully saturated rings. The smallest absolute Gasteiger partial charge is 0.262 e. The Bertz CT molecular complexity index is 1050. The van der Waals surface area contributed by atoms with Crippen molar-refractivity contribution in [2.45, 2.75) is 29.6 Å². The lowest BCUT2D eigenvalue weighted by Crippen LogP contribution is -2.38. The van der Waals surface area contributed by atoms with E-state index >= 15 is 0 Å². The molecule has 0 bridgehead atoms. The summed E-state index contributed by atoms with van der Waals surface area (Å²) in [5, 5.41) is 0. The molecule has 1 amide bonds. The number of rotatable bonds is 7. The molecule has 0 unspecified atom stereocenters. The number of likely N-dealkylation sites (tertiary alicyclic amines) is 1. The van der Waals surface area contributed by atoms with Gasteiger partial charge in [-0.05, 0) is 55.3 Å². The van der Waals surface area contributed by atoms with E-state index in [1.54, 1.807) is 24.3 Å². The van der Waals surface area contributed by atoms with Gasteiger partial charge in [0.2, 0.25) is 0 Å². The second-order valence-electron chi connectivity index (χ2n) is 7.51. The van der Waals surface area contributed by atoms with Crippen LogP contribution in [0, 0.1) is 5.92 Å². The molecule has 1 aliphatic rings. The lowest BCUT2D eigenvalue weighted by molar-refractivity contribution is 0.0693. The molecule has 0 saturated carbocycles. The number of sulfonamides is 1. The summed E-state index contributed by atoms with van der Waals surface area (Å²) in [5.74, 6) is 1.35. The van der Waals surface area contributed by atoms with Gasteiger partial charge in [-0.2, -0.15) is 0 Å². The van der Waals surface area contributed by atoms with E-state index in [0.29, 0.717) is 36.1 Å². The predicted octanol–water partition coefficient (Wildman–Crippen LogP) is 4.10. The molecule has 31 heavy (non-hydrogen) atoms. The summed E-state index contributed by atoms with van der Waals surface area (Å²) in [6, 6.07) is 9.48. The SMILES string of the molecule is COc1ccc(NS(=O)(=O)c2ccc(SC)c(C(=O)N3CCC(C)CC3)c2)c(OC)c1. The summed E-state index contributed by atoms with van der Waals surface area (Å²) in [6.45, 7) is 3.56.